The van der Waals surface area contributed by atoms with Crippen molar-refractivity contribution in [3.8, 4) is 16.9 Å². The lowest BCUT2D eigenvalue weighted by Crippen LogP contribution is -2.14. The normalized spacial score (nSPS) is 19.9. The summed E-state index contributed by atoms with van der Waals surface area (Å²) in [5.41, 5.74) is 3.06. The summed E-state index contributed by atoms with van der Waals surface area (Å²) in [6.07, 6.45) is -0.00250. The number of ether oxygens (including phenoxy) is 1. The zero-order chi connectivity index (χ0) is 15.3. The number of hydrogen-bond donors (Lipinski definition) is 0. The van der Waals surface area contributed by atoms with Crippen LogP contribution in [0.1, 0.15) is 25.3 Å². The van der Waals surface area contributed by atoms with Crippen LogP contribution in [0.3, 0.4) is 0 Å². The first-order valence-electron chi connectivity index (χ1n) is 7.48. The third-order valence-electron chi connectivity index (χ3n) is 4.46. The van der Waals surface area contributed by atoms with Gasteiger partial charge in [0.05, 0.1) is 10.9 Å². The van der Waals surface area contributed by atoms with Crippen molar-refractivity contribution in [2.45, 2.75) is 25.9 Å². The summed E-state index contributed by atoms with van der Waals surface area (Å²) in [4.78, 5) is 12.3. The van der Waals surface area contributed by atoms with Crippen LogP contribution in [0.4, 0.5) is 0 Å². The molecule has 2 aromatic carbocycles. The molecule has 4 rings (SSSR count). The lowest BCUT2D eigenvalue weighted by Gasteiger charge is -2.07. The van der Waals surface area contributed by atoms with Crippen LogP contribution in [0.25, 0.3) is 22.1 Å². The Balaban J connectivity index is 1.95. The molecule has 0 N–H and O–H groups in total. The molecule has 0 bridgehead atoms. The average Bonchev–Trinajstić information content (AvgIpc) is 2.84. The van der Waals surface area contributed by atoms with Crippen LogP contribution in [0.15, 0.2) is 57.7 Å². The number of fused-ring (bicyclic) bond motifs is 3. The molecule has 2 atom stereocenters. The van der Waals surface area contributed by atoms with Crippen LogP contribution in [0.2, 0.25) is 0 Å². The van der Waals surface area contributed by atoms with Gasteiger partial charge in [-0.1, -0.05) is 43.3 Å². The highest BCUT2D eigenvalue weighted by Crippen LogP contribution is 2.41. The highest BCUT2D eigenvalue weighted by Gasteiger charge is 2.33. The summed E-state index contributed by atoms with van der Waals surface area (Å²) in [6.45, 7) is 3.98. The Labute approximate surface area is 128 Å². The summed E-state index contributed by atoms with van der Waals surface area (Å²) in [5, 5.41) is 0.866. The minimum Gasteiger partial charge on any atom is -0.489 e. The van der Waals surface area contributed by atoms with Gasteiger partial charge in [-0.3, -0.25) is 0 Å². The van der Waals surface area contributed by atoms with E-state index in [1.54, 1.807) is 0 Å². The summed E-state index contributed by atoms with van der Waals surface area (Å²) in [7, 11) is 0. The molecule has 2 heterocycles. The zero-order valence-corrected chi connectivity index (χ0v) is 12.5. The van der Waals surface area contributed by atoms with E-state index in [4.69, 9.17) is 9.15 Å². The van der Waals surface area contributed by atoms with Gasteiger partial charge in [-0.05, 0) is 30.2 Å². The SMILES string of the molecule is C[C@@H]1Oc2c(c(=O)oc3cc(-c4ccccc4)ccc23)[C@H]1C. The van der Waals surface area contributed by atoms with E-state index in [9.17, 15) is 4.79 Å². The third kappa shape index (κ3) is 1.86. The Hall–Kier alpha value is -2.55. The third-order valence-corrected chi connectivity index (χ3v) is 4.46. The van der Waals surface area contributed by atoms with Crippen LogP contribution < -0.4 is 10.4 Å². The second-order valence-electron chi connectivity index (χ2n) is 5.82. The topological polar surface area (TPSA) is 39.4 Å². The smallest absolute Gasteiger partial charge is 0.343 e. The predicted molar refractivity (Wildman–Crippen MR) is 86.4 cm³/mol. The molecule has 0 unspecified atom stereocenters. The van der Waals surface area contributed by atoms with Crippen LogP contribution in [-0.2, 0) is 0 Å². The van der Waals surface area contributed by atoms with Gasteiger partial charge in [-0.25, -0.2) is 4.79 Å². The van der Waals surface area contributed by atoms with E-state index >= 15 is 0 Å². The fraction of sp³-hybridized carbons (Fsp3) is 0.211. The highest BCUT2D eigenvalue weighted by molar-refractivity contribution is 5.89. The van der Waals surface area contributed by atoms with Gasteiger partial charge in [0.2, 0.25) is 0 Å². The average molecular weight is 292 g/mol. The van der Waals surface area contributed by atoms with Crippen LogP contribution in [0, 0.1) is 0 Å². The minimum absolute atomic E-state index is 0.00250. The Morgan fingerprint density at radius 3 is 2.50 bits per heavy atom. The maximum atomic E-state index is 12.3. The number of hydrogen-bond acceptors (Lipinski definition) is 3. The van der Waals surface area contributed by atoms with Crippen molar-refractivity contribution in [1.29, 1.82) is 0 Å². The van der Waals surface area contributed by atoms with Crippen LogP contribution >= 0.6 is 0 Å². The molecule has 0 amide bonds. The van der Waals surface area contributed by atoms with Gasteiger partial charge in [-0.2, -0.15) is 0 Å². The van der Waals surface area contributed by atoms with Gasteiger partial charge in [0, 0.05) is 5.92 Å². The van der Waals surface area contributed by atoms with Crippen molar-refractivity contribution in [3.63, 3.8) is 0 Å². The molecule has 0 saturated carbocycles. The monoisotopic (exact) mass is 292 g/mol. The van der Waals surface area contributed by atoms with E-state index in [-0.39, 0.29) is 17.6 Å². The summed E-state index contributed by atoms with van der Waals surface area (Å²) in [5.74, 6) is 0.746. The molecule has 0 spiro atoms. The van der Waals surface area contributed by atoms with Gasteiger partial charge < -0.3 is 9.15 Å². The molecule has 110 valence electrons. The van der Waals surface area contributed by atoms with Crippen molar-refractivity contribution >= 4 is 11.0 Å². The minimum atomic E-state index is -0.287. The second-order valence-corrected chi connectivity index (χ2v) is 5.82. The molecular formula is C19H16O3. The van der Waals surface area contributed by atoms with E-state index in [2.05, 4.69) is 0 Å². The number of rotatable bonds is 1. The lowest BCUT2D eigenvalue weighted by atomic mass is 9.98. The molecule has 3 nitrogen and oxygen atoms in total. The first-order chi connectivity index (χ1) is 10.6. The quantitative estimate of drug-likeness (QED) is 0.626. The summed E-state index contributed by atoms with van der Waals surface area (Å²) in [6, 6.07) is 16.0. The molecule has 22 heavy (non-hydrogen) atoms. The Morgan fingerprint density at radius 2 is 1.73 bits per heavy atom. The van der Waals surface area contributed by atoms with Crippen LogP contribution in [0.5, 0.6) is 5.75 Å². The number of benzene rings is 2. The zero-order valence-electron chi connectivity index (χ0n) is 12.5. The maximum Gasteiger partial charge on any atom is 0.343 e. The molecule has 0 aliphatic carbocycles. The molecule has 1 aromatic heterocycles. The summed E-state index contributed by atoms with van der Waals surface area (Å²) >= 11 is 0. The molecule has 0 saturated heterocycles. The molecular weight excluding hydrogens is 276 g/mol. The van der Waals surface area contributed by atoms with Crippen LogP contribution in [-0.4, -0.2) is 6.10 Å². The van der Waals surface area contributed by atoms with E-state index in [1.165, 1.54) is 0 Å². The second kappa shape index (κ2) is 4.73. The molecule has 3 heteroatoms. The first kappa shape index (κ1) is 13.1. The Kier molecular flexibility index (Phi) is 2.83. The molecule has 1 aliphatic heterocycles. The van der Waals surface area contributed by atoms with Crippen molar-refractivity contribution < 1.29 is 9.15 Å². The van der Waals surface area contributed by atoms with Gasteiger partial charge in [0.1, 0.15) is 17.4 Å². The van der Waals surface area contributed by atoms with Gasteiger partial charge >= 0.3 is 5.63 Å². The molecule has 0 fully saturated rings. The fourth-order valence-corrected chi connectivity index (χ4v) is 3.04. The first-order valence-corrected chi connectivity index (χ1v) is 7.48. The molecule has 0 radical (unpaired) electrons. The predicted octanol–water partition coefficient (Wildman–Crippen LogP) is 4.34. The van der Waals surface area contributed by atoms with E-state index in [0.29, 0.717) is 16.9 Å². The van der Waals surface area contributed by atoms with Crippen molar-refractivity contribution in [2.24, 2.45) is 0 Å². The summed E-state index contributed by atoms with van der Waals surface area (Å²) < 4.78 is 11.4. The fourth-order valence-electron chi connectivity index (χ4n) is 3.04. The highest BCUT2D eigenvalue weighted by atomic mass is 16.5. The molecule has 1 aliphatic rings. The molecule has 3 aromatic rings. The van der Waals surface area contributed by atoms with Crippen molar-refractivity contribution in [2.75, 3.05) is 0 Å². The maximum absolute atomic E-state index is 12.3. The lowest BCUT2D eigenvalue weighted by molar-refractivity contribution is 0.234. The van der Waals surface area contributed by atoms with E-state index in [0.717, 1.165) is 16.5 Å². The van der Waals surface area contributed by atoms with E-state index < -0.39 is 0 Å². The Bertz CT molecular complexity index is 909. The van der Waals surface area contributed by atoms with E-state index in [1.807, 2.05) is 62.4 Å². The van der Waals surface area contributed by atoms with Gasteiger partial charge in [0.15, 0.2) is 0 Å². The van der Waals surface area contributed by atoms with Crippen molar-refractivity contribution in [1.82, 2.24) is 0 Å². The standard InChI is InChI=1S/C19H16O3/c1-11-12(2)21-18-15-9-8-14(13-6-4-3-5-7-13)10-16(15)22-19(20)17(11)18/h3-12H,1-2H3/t11-,12-/m0/s1. The largest absolute Gasteiger partial charge is 0.489 e. The van der Waals surface area contributed by atoms with Gasteiger partial charge in [-0.15, -0.1) is 0 Å². The van der Waals surface area contributed by atoms with Gasteiger partial charge in [0.25, 0.3) is 0 Å². The van der Waals surface area contributed by atoms with Crippen molar-refractivity contribution in [3.05, 3.63) is 64.5 Å². The Morgan fingerprint density at radius 1 is 0.955 bits per heavy atom.